The second kappa shape index (κ2) is 10.4. The van der Waals surface area contributed by atoms with Gasteiger partial charge in [-0.25, -0.2) is 9.18 Å². The third-order valence-corrected chi connectivity index (χ3v) is 6.07. The van der Waals surface area contributed by atoms with Crippen LogP contribution < -0.4 is 0 Å². The number of hydrogen-bond donors (Lipinski definition) is 0. The van der Waals surface area contributed by atoms with Crippen molar-refractivity contribution in [3.8, 4) is 11.1 Å². The number of hydrogen-bond acceptors (Lipinski definition) is 4. The van der Waals surface area contributed by atoms with E-state index in [0.29, 0.717) is 5.56 Å². The lowest BCUT2D eigenvalue weighted by molar-refractivity contribution is -0.139. The Labute approximate surface area is 205 Å². The summed E-state index contributed by atoms with van der Waals surface area (Å²) >= 11 is 0. The maximum atomic E-state index is 14.7. The smallest absolute Gasteiger partial charge is 0.417 e. The average molecular weight is 501 g/mol. The Morgan fingerprint density at radius 2 is 1.69 bits per heavy atom. The van der Waals surface area contributed by atoms with Gasteiger partial charge in [0.25, 0.3) is 0 Å². The van der Waals surface area contributed by atoms with Gasteiger partial charge in [-0.15, -0.1) is 0 Å². The SMILES string of the molecule is COC(=O)Cc1ccc(C(F)(F)F)c(-c2ccc(F)c3c2CN(C(=O)OCc2ccccc2)CC3)c1. The Kier molecular flexibility index (Phi) is 7.28. The van der Waals surface area contributed by atoms with Gasteiger partial charge in [0.2, 0.25) is 0 Å². The van der Waals surface area contributed by atoms with Crippen LogP contribution in [-0.2, 0) is 46.4 Å². The molecular formula is C27H23F4NO4. The first-order chi connectivity index (χ1) is 17.2. The van der Waals surface area contributed by atoms with Crippen LogP contribution in [0.2, 0.25) is 0 Å². The first-order valence-electron chi connectivity index (χ1n) is 11.2. The van der Waals surface area contributed by atoms with E-state index in [1.165, 1.54) is 30.2 Å². The van der Waals surface area contributed by atoms with E-state index in [4.69, 9.17) is 4.74 Å². The summed E-state index contributed by atoms with van der Waals surface area (Å²) in [6, 6.07) is 14.8. The molecule has 3 aromatic carbocycles. The molecule has 188 valence electrons. The van der Waals surface area contributed by atoms with E-state index in [1.54, 1.807) is 12.1 Å². The molecule has 1 aliphatic rings. The topological polar surface area (TPSA) is 55.8 Å². The molecule has 0 bridgehead atoms. The second-order valence-corrected chi connectivity index (χ2v) is 8.39. The lowest BCUT2D eigenvalue weighted by atomic mass is 9.87. The van der Waals surface area contributed by atoms with E-state index >= 15 is 0 Å². The van der Waals surface area contributed by atoms with Crippen molar-refractivity contribution in [1.29, 1.82) is 0 Å². The molecule has 1 aliphatic heterocycles. The number of esters is 1. The van der Waals surface area contributed by atoms with Crippen LogP contribution >= 0.6 is 0 Å². The minimum Gasteiger partial charge on any atom is -0.469 e. The molecule has 4 rings (SSSR count). The van der Waals surface area contributed by atoms with Crippen molar-refractivity contribution in [1.82, 2.24) is 4.90 Å². The predicted molar refractivity (Wildman–Crippen MR) is 123 cm³/mol. The zero-order chi connectivity index (χ0) is 25.9. The minimum absolute atomic E-state index is 0.0346. The summed E-state index contributed by atoms with van der Waals surface area (Å²) in [4.78, 5) is 25.8. The third-order valence-electron chi connectivity index (χ3n) is 6.07. The van der Waals surface area contributed by atoms with E-state index in [-0.39, 0.29) is 54.8 Å². The van der Waals surface area contributed by atoms with Crippen molar-refractivity contribution >= 4 is 12.1 Å². The molecule has 0 spiro atoms. The molecule has 1 amide bonds. The van der Waals surface area contributed by atoms with Crippen LogP contribution in [0.15, 0.2) is 60.7 Å². The van der Waals surface area contributed by atoms with Crippen molar-refractivity contribution < 1.29 is 36.6 Å². The largest absolute Gasteiger partial charge is 0.469 e. The Hall–Kier alpha value is -3.88. The van der Waals surface area contributed by atoms with E-state index in [9.17, 15) is 27.2 Å². The molecule has 5 nitrogen and oxygen atoms in total. The highest BCUT2D eigenvalue weighted by Crippen LogP contribution is 2.41. The molecule has 36 heavy (non-hydrogen) atoms. The van der Waals surface area contributed by atoms with Gasteiger partial charge in [-0.1, -0.05) is 42.5 Å². The molecule has 3 aromatic rings. The number of fused-ring (bicyclic) bond motifs is 1. The molecule has 0 radical (unpaired) electrons. The Bertz CT molecular complexity index is 1270. The molecule has 0 saturated carbocycles. The molecule has 0 aliphatic carbocycles. The fourth-order valence-corrected chi connectivity index (χ4v) is 4.26. The Morgan fingerprint density at radius 3 is 2.39 bits per heavy atom. The van der Waals surface area contributed by atoms with Gasteiger partial charge in [0.15, 0.2) is 0 Å². The normalized spacial score (nSPS) is 13.2. The Morgan fingerprint density at radius 1 is 0.944 bits per heavy atom. The van der Waals surface area contributed by atoms with Gasteiger partial charge in [0.1, 0.15) is 12.4 Å². The molecule has 0 saturated heterocycles. The number of nitrogens with zero attached hydrogens (tertiary/aromatic N) is 1. The zero-order valence-electron chi connectivity index (χ0n) is 19.4. The van der Waals surface area contributed by atoms with Crippen LogP contribution in [0.25, 0.3) is 11.1 Å². The van der Waals surface area contributed by atoms with Crippen LogP contribution in [0.1, 0.15) is 27.8 Å². The van der Waals surface area contributed by atoms with Crippen molar-refractivity contribution in [2.75, 3.05) is 13.7 Å². The van der Waals surface area contributed by atoms with Crippen molar-refractivity contribution in [2.24, 2.45) is 0 Å². The number of carbonyl (C=O) groups excluding carboxylic acids is 2. The number of alkyl halides is 3. The molecule has 0 atom stereocenters. The zero-order valence-corrected chi connectivity index (χ0v) is 19.4. The lowest BCUT2D eigenvalue weighted by Gasteiger charge is -2.30. The Balaban J connectivity index is 1.69. The standard InChI is InChI=1S/C27H23F4NO4/c1-35-25(33)14-18-7-9-23(27(29,30)31)21(13-18)19-8-10-24(28)20-11-12-32(15-22(19)20)26(34)36-16-17-5-3-2-4-6-17/h2-10,13H,11-12,14-16H2,1H3. The molecule has 0 fully saturated rings. The highest BCUT2D eigenvalue weighted by molar-refractivity contribution is 5.78. The maximum absolute atomic E-state index is 14.7. The van der Waals surface area contributed by atoms with Crippen molar-refractivity contribution in [3.05, 3.63) is 94.3 Å². The quantitative estimate of drug-likeness (QED) is 0.322. The van der Waals surface area contributed by atoms with Crippen molar-refractivity contribution in [3.63, 3.8) is 0 Å². The molecule has 0 N–H and O–H groups in total. The lowest BCUT2D eigenvalue weighted by Crippen LogP contribution is -2.37. The maximum Gasteiger partial charge on any atom is 0.417 e. The van der Waals surface area contributed by atoms with Gasteiger partial charge in [-0.05, 0) is 58.0 Å². The molecular weight excluding hydrogens is 478 g/mol. The van der Waals surface area contributed by atoms with Crippen molar-refractivity contribution in [2.45, 2.75) is 32.2 Å². The fourth-order valence-electron chi connectivity index (χ4n) is 4.26. The van der Waals surface area contributed by atoms with Gasteiger partial charge >= 0.3 is 18.2 Å². The number of carbonyl (C=O) groups is 2. The summed E-state index contributed by atoms with van der Waals surface area (Å²) in [5.74, 6) is -1.15. The number of rotatable bonds is 5. The number of halogens is 4. The average Bonchev–Trinajstić information content (AvgIpc) is 2.87. The molecule has 0 aromatic heterocycles. The number of amides is 1. The summed E-state index contributed by atoms with van der Waals surface area (Å²) in [5.41, 5.74) is 0.661. The highest BCUT2D eigenvalue weighted by atomic mass is 19.4. The van der Waals surface area contributed by atoms with Crippen LogP contribution in [0, 0.1) is 5.82 Å². The number of methoxy groups -OCH3 is 1. The van der Waals surface area contributed by atoms with E-state index < -0.39 is 29.6 Å². The predicted octanol–water partition coefficient (Wildman–Crippen LogP) is 5.92. The van der Waals surface area contributed by atoms with Crippen LogP contribution in [0.4, 0.5) is 22.4 Å². The number of benzene rings is 3. The molecule has 0 unspecified atom stereocenters. The monoisotopic (exact) mass is 501 g/mol. The van der Waals surface area contributed by atoms with Crippen LogP contribution in [-0.4, -0.2) is 30.6 Å². The summed E-state index contributed by atoms with van der Waals surface area (Å²) < 4.78 is 66.4. The van der Waals surface area contributed by atoms with Gasteiger partial charge < -0.3 is 14.4 Å². The minimum atomic E-state index is -4.69. The third kappa shape index (κ3) is 5.50. The van der Waals surface area contributed by atoms with Crippen LogP contribution in [0.5, 0.6) is 0 Å². The van der Waals surface area contributed by atoms with E-state index in [2.05, 4.69) is 4.74 Å². The van der Waals surface area contributed by atoms with Gasteiger partial charge in [-0.2, -0.15) is 13.2 Å². The van der Waals surface area contributed by atoms with Gasteiger partial charge in [0.05, 0.1) is 19.1 Å². The summed E-state index contributed by atoms with van der Waals surface area (Å²) in [7, 11) is 1.19. The fraction of sp³-hybridized carbons (Fsp3) is 0.259. The molecule has 9 heteroatoms. The summed E-state index contributed by atoms with van der Waals surface area (Å²) in [5, 5.41) is 0. The number of ether oxygens (including phenoxy) is 2. The van der Waals surface area contributed by atoms with Gasteiger partial charge in [-0.3, -0.25) is 4.79 Å². The summed E-state index contributed by atoms with van der Waals surface area (Å²) in [6.45, 7) is 0.0803. The summed E-state index contributed by atoms with van der Waals surface area (Å²) in [6.07, 6.45) is -5.43. The first kappa shape index (κ1) is 25.2. The van der Waals surface area contributed by atoms with E-state index in [1.807, 2.05) is 18.2 Å². The van der Waals surface area contributed by atoms with Gasteiger partial charge in [0, 0.05) is 13.1 Å². The first-order valence-corrected chi connectivity index (χ1v) is 11.2. The van der Waals surface area contributed by atoms with Crippen LogP contribution in [0.3, 0.4) is 0 Å². The highest BCUT2D eigenvalue weighted by Gasteiger charge is 2.35. The molecule has 1 heterocycles. The van der Waals surface area contributed by atoms with E-state index in [0.717, 1.165) is 17.7 Å². The second-order valence-electron chi connectivity index (χ2n) is 8.39.